The van der Waals surface area contributed by atoms with Gasteiger partial charge < -0.3 is 26.0 Å². The van der Waals surface area contributed by atoms with Crippen LogP contribution in [-0.2, 0) is 20.0 Å². The summed E-state index contributed by atoms with van der Waals surface area (Å²) in [4.78, 5) is 0. The van der Waals surface area contributed by atoms with Crippen LogP contribution in [0.1, 0.15) is 6.42 Å². The van der Waals surface area contributed by atoms with Crippen LogP contribution < -0.4 is 26.0 Å². The summed E-state index contributed by atoms with van der Waals surface area (Å²) < 4.78 is 30.7. The molecule has 0 amide bonds. The van der Waals surface area contributed by atoms with E-state index in [1.54, 1.807) is 72.8 Å². The van der Waals surface area contributed by atoms with Gasteiger partial charge >= 0.3 is 52.5 Å². The summed E-state index contributed by atoms with van der Waals surface area (Å²) in [6.45, 7) is 0. The van der Waals surface area contributed by atoms with Crippen molar-refractivity contribution >= 4 is 7.82 Å². The van der Waals surface area contributed by atoms with E-state index in [1.165, 1.54) is 0 Å². The van der Waals surface area contributed by atoms with E-state index < -0.39 is 7.82 Å². The van der Waals surface area contributed by atoms with Crippen LogP contribution in [0.5, 0.6) is 17.2 Å². The molecule has 3 aromatic carbocycles. The van der Waals surface area contributed by atoms with Crippen molar-refractivity contribution in [2.45, 2.75) is 6.42 Å². The van der Waals surface area contributed by atoms with Crippen LogP contribution >= 0.6 is 7.82 Å². The molecule has 0 fully saturated rings. The molecule has 1 aliphatic rings. The zero-order chi connectivity index (χ0) is 20.4. The third-order valence-electron chi connectivity index (χ3n) is 3.58. The SMILES string of the molecule is O=P(Oc1ccccc1)(Oc1ccccc1)Oc1ccccc1.[Cl-].[Ni+][C]1=CC=CC1. The number of allylic oxidation sites excluding steroid dienone is 4. The normalized spacial score (nSPS) is 12.0. The fraction of sp³-hybridized carbons (Fsp3) is 0.0435. The Hall–Kier alpha value is -2.45. The predicted octanol–water partition coefficient (Wildman–Crippen LogP) is 3.71. The fourth-order valence-corrected chi connectivity index (χ4v) is 3.76. The number of benzene rings is 3. The molecular formula is C23H20ClNiO4P. The molecule has 0 aromatic heterocycles. The Morgan fingerprint density at radius 2 is 1.03 bits per heavy atom. The van der Waals surface area contributed by atoms with Gasteiger partial charge in [-0.15, -0.1) is 0 Å². The summed E-state index contributed by atoms with van der Waals surface area (Å²) in [5.74, 6) is 1.22. The van der Waals surface area contributed by atoms with Gasteiger partial charge in [0.2, 0.25) is 0 Å². The molecule has 0 heterocycles. The van der Waals surface area contributed by atoms with Crippen LogP contribution in [0.4, 0.5) is 0 Å². The van der Waals surface area contributed by atoms with E-state index in [1.807, 2.05) is 30.4 Å². The van der Waals surface area contributed by atoms with Gasteiger partial charge in [0.1, 0.15) is 17.2 Å². The van der Waals surface area contributed by atoms with Gasteiger partial charge in [-0.2, -0.15) is 4.57 Å². The van der Waals surface area contributed by atoms with E-state index in [9.17, 15) is 4.57 Å². The molecule has 0 bridgehead atoms. The third kappa shape index (κ3) is 8.12. The van der Waals surface area contributed by atoms with E-state index in [0.29, 0.717) is 17.2 Å². The van der Waals surface area contributed by atoms with Crippen LogP contribution in [0.15, 0.2) is 114 Å². The second-order valence-corrected chi connectivity index (χ2v) is 7.94. The quantitative estimate of drug-likeness (QED) is 0.395. The van der Waals surface area contributed by atoms with Gasteiger partial charge in [0, 0.05) is 0 Å². The van der Waals surface area contributed by atoms with Crippen LogP contribution in [0, 0.1) is 0 Å². The summed E-state index contributed by atoms with van der Waals surface area (Å²) >= 11 is 4.53. The Bertz CT molecular complexity index is 887. The maximum absolute atomic E-state index is 13.1. The van der Waals surface area contributed by atoms with Gasteiger partial charge in [-0.05, 0) is 36.4 Å². The zero-order valence-electron chi connectivity index (χ0n) is 15.9. The number of hydrogen-bond acceptors (Lipinski definition) is 4. The molecule has 30 heavy (non-hydrogen) atoms. The molecule has 0 N–H and O–H groups in total. The van der Waals surface area contributed by atoms with Crippen molar-refractivity contribution in [1.29, 1.82) is 0 Å². The molecule has 3 aromatic rings. The Kier molecular flexibility index (Phi) is 9.77. The summed E-state index contributed by atoms with van der Waals surface area (Å²) in [7, 11) is -3.89. The van der Waals surface area contributed by atoms with Crippen molar-refractivity contribution in [2.24, 2.45) is 0 Å². The number of rotatable bonds is 6. The Labute approximate surface area is 191 Å². The molecule has 0 unspecified atom stereocenters. The average molecular weight is 486 g/mol. The van der Waals surface area contributed by atoms with Gasteiger partial charge in [-0.1, -0.05) is 54.6 Å². The van der Waals surface area contributed by atoms with Crippen LogP contribution in [0.25, 0.3) is 0 Å². The third-order valence-corrected chi connectivity index (χ3v) is 5.25. The summed E-state index contributed by atoms with van der Waals surface area (Å²) in [6.07, 6.45) is 7.04. The topological polar surface area (TPSA) is 44.8 Å². The van der Waals surface area contributed by atoms with Crippen molar-refractivity contribution in [1.82, 2.24) is 0 Å². The van der Waals surface area contributed by atoms with E-state index >= 15 is 0 Å². The van der Waals surface area contributed by atoms with Crippen molar-refractivity contribution in [2.75, 3.05) is 0 Å². The number of halogens is 1. The molecular weight excluding hydrogens is 465 g/mol. The maximum atomic E-state index is 13.1. The van der Waals surface area contributed by atoms with Crippen LogP contribution in [0.3, 0.4) is 0 Å². The first-order valence-corrected chi connectivity index (χ1v) is 10.9. The number of phosphoric ester groups is 1. The van der Waals surface area contributed by atoms with Gasteiger partial charge in [-0.3, -0.25) is 0 Å². The second-order valence-electron chi connectivity index (χ2n) is 5.87. The molecule has 158 valence electrons. The van der Waals surface area contributed by atoms with Gasteiger partial charge in [-0.25, -0.2) is 0 Å². The predicted molar refractivity (Wildman–Crippen MR) is 111 cm³/mol. The molecule has 4 rings (SSSR count). The van der Waals surface area contributed by atoms with Crippen molar-refractivity contribution in [3.8, 4) is 17.2 Å². The molecule has 4 nitrogen and oxygen atoms in total. The first-order chi connectivity index (χ1) is 14.1. The summed E-state index contributed by atoms with van der Waals surface area (Å²) in [6, 6.07) is 26.4. The van der Waals surface area contributed by atoms with Crippen molar-refractivity contribution in [3.05, 3.63) is 114 Å². The molecule has 0 radical (unpaired) electrons. The summed E-state index contributed by atoms with van der Waals surface area (Å²) in [5.41, 5.74) is 0. The number of hydrogen-bond donors (Lipinski definition) is 0. The molecule has 0 spiro atoms. The van der Waals surface area contributed by atoms with Gasteiger partial charge in [0.05, 0.1) is 0 Å². The van der Waals surface area contributed by atoms with E-state index in [4.69, 9.17) is 13.6 Å². The van der Waals surface area contributed by atoms with Crippen LogP contribution in [-0.4, -0.2) is 0 Å². The molecule has 1 aliphatic carbocycles. The molecule has 0 atom stereocenters. The minimum absolute atomic E-state index is 0. The Balaban J connectivity index is 0.000000395. The fourth-order valence-electron chi connectivity index (χ4n) is 2.30. The van der Waals surface area contributed by atoms with Crippen LogP contribution in [0.2, 0.25) is 0 Å². The summed E-state index contributed by atoms with van der Waals surface area (Å²) in [5, 5.41) is 0. The first kappa shape index (κ1) is 23.8. The van der Waals surface area contributed by atoms with E-state index in [-0.39, 0.29) is 12.4 Å². The standard InChI is InChI=1S/C18H15O4P.C5H5.ClH.Ni/c19-23(20-16-10-4-1-5-11-16,21-17-12-6-2-7-13-17)22-18-14-8-3-9-15-18;1-2-4-5-3-1;;/h1-15H;1-3H,4H2;1H;/q;;;+1/p-1. The minimum atomic E-state index is -3.89. The Morgan fingerprint density at radius 1 is 0.667 bits per heavy atom. The number of phosphoric acid groups is 1. The zero-order valence-corrected chi connectivity index (χ0v) is 18.5. The molecule has 0 saturated heterocycles. The van der Waals surface area contributed by atoms with E-state index in [2.05, 4.69) is 21.5 Å². The average Bonchev–Trinajstić information content (AvgIpc) is 3.21. The molecule has 0 saturated carbocycles. The molecule has 7 heteroatoms. The first-order valence-electron chi connectivity index (χ1n) is 8.95. The number of para-hydroxylation sites is 3. The van der Waals surface area contributed by atoms with E-state index in [0.717, 1.165) is 11.0 Å². The van der Waals surface area contributed by atoms with Crippen molar-refractivity contribution in [3.63, 3.8) is 0 Å². The van der Waals surface area contributed by atoms with Gasteiger partial charge in [0.25, 0.3) is 0 Å². The molecule has 0 aliphatic heterocycles. The Morgan fingerprint density at radius 3 is 1.27 bits per heavy atom. The van der Waals surface area contributed by atoms with Gasteiger partial charge in [0.15, 0.2) is 0 Å². The monoisotopic (exact) mass is 484 g/mol. The van der Waals surface area contributed by atoms with Crippen molar-refractivity contribution < 1.29 is 46.0 Å². The second kappa shape index (κ2) is 12.3.